The van der Waals surface area contributed by atoms with Gasteiger partial charge in [-0.15, -0.1) is 0 Å². The van der Waals surface area contributed by atoms with Gasteiger partial charge in [0.15, 0.2) is 21.5 Å². The smallest absolute Gasteiger partial charge is 0.238 e. The number of nitrogens with zero attached hydrogens (tertiary/aromatic N) is 2. The lowest BCUT2D eigenvalue weighted by Gasteiger charge is -2.39. The Bertz CT molecular complexity index is 1310. The van der Waals surface area contributed by atoms with Crippen LogP contribution >= 0.6 is 0 Å². The van der Waals surface area contributed by atoms with Crippen molar-refractivity contribution in [3.8, 4) is 0 Å². The van der Waals surface area contributed by atoms with Crippen molar-refractivity contribution in [3.05, 3.63) is 66.1 Å². The van der Waals surface area contributed by atoms with Gasteiger partial charge < -0.3 is 24.3 Å². The molecule has 1 aliphatic heterocycles. The summed E-state index contributed by atoms with van der Waals surface area (Å²) < 4.78 is 43.7. The lowest BCUT2D eigenvalue weighted by molar-refractivity contribution is -0.129. The van der Waals surface area contributed by atoms with Crippen molar-refractivity contribution >= 4 is 26.8 Å². The van der Waals surface area contributed by atoms with Gasteiger partial charge in [-0.3, -0.25) is 9.69 Å². The Hall–Kier alpha value is -2.83. The summed E-state index contributed by atoms with van der Waals surface area (Å²) in [6.45, 7) is 3.74. The topological polar surface area (TPSA) is 131 Å². The van der Waals surface area contributed by atoms with Crippen LogP contribution in [0.5, 0.6) is 0 Å². The number of hydrogen-bond donors (Lipinski definition) is 2. The SMILES string of the molecule is CCC[C@H](NC(=O)[C@H](CS(=O)(=O)Cc1ccccc1)N(CCOC)C1CCOCC1)C(O)c1nc2ccccc2o1. The van der Waals surface area contributed by atoms with E-state index in [0.29, 0.717) is 68.7 Å². The monoisotopic (exact) mass is 587 g/mol. The Morgan fingerprint density at radius 1 is 1.15 bits per heavy atom. The Balaban J connectivity index is 1.61. The van der Waals surface area contributed by atoms with Crippen LogP contribution < -0.4 is 5.32 Å². The van der Waals surface area contributed by atoms with Crippen LogP contribution in [0.25, 0.3) is 11.1 Å². The van der Waals surface area contributed by atoms with Crippen molar-refractivity contribution in [2.24, 2.45) is 0 Å². The molecule has 0 spiro atoms. The van der Waals surface area contributed by atoms with Crippen LogP contribution in [0.3, 0.4) is 0 Å². The van der Waals surface area contributed by atoms with E-state index in [-0.39, 0.29) is 23.4 Å². The van der Waals surface area contributed by atoms with E-state index >= 15 is 0 Å². The van der Waals surface area contributed by atoms with Gasteiger partial charge in [0.1, 0.15) is 11.6 Å². The van der Waals surface area contributed by atoms with E-state index in [9.17, 15) is 18.3 Å². The predicted molar refractivity (Wildman–Crippen MR) is 156 cm³/mol. The lowest BCUT2D eigenvalue weighted by atomic mass is 10.0. The molecule has 1 aliphatic rings. The molecule has 2 heterocycles. The number of aliphatic hydroxyl groups is 1. The van der Waals surface area contributed by atoms with Crippen LogP contribution in [0.4, 0.5) is 0 Å². The molecule has 3 atom stereocenters. The van der Waals surface area contributed by atoms with Crippen molar-refractivity contribution in [1.29, 1.82) is 0 Å². The first kappa shape index (κ1) is 31.1. The summed E-state index contributed by atoms with van der Waals surface area (Å²) in [4.78, 5) is 20.4. The largest absolute Gasteiger partial charge is 0.438 e. The highest BCUT2D eigenvalue weighted by molar-refractivity contribution is 7.90. The molecule has 0 bridgehead atoms. The highest BCUT2D eigenvalue weighted by Crippen LogP contribution is 2.25. The fourth-order valence-corrected chi connectivity index (χ4v) is 6.99. The number of methoxy groups -OCH3 is 1. The molecule has 4 rings (SSSR count). The second kappa shape index (κ2) is 14.9. The average molecular weight is 588 g/mol. The molecule has 1 fully saturated rings. The van der Waals surface area contributed by atoms with Crippen LogP contribution in [0.2, 0.25) is 0 Å². The quantitative estimate of drug-likeness (QED) is 0.275. The van der Waals surface area contributed by atoms with Gasteiger partial charge in [0.25, 0.3) is 0 Å². The molecule has 1 aromatic heterocycles. The second-order valence-corrected chi connectivity index (χ2v) is 12.6. The zero-order chi connectivity index (χ0) is 29.2. The minimum Gasteiger partial charge on any atom is -0.438 e. The Kier molecular flexibility index (Phi) is 11.3. The molecule has 41 heavy (non-hydrogen) atoms. The maximum absolute atomic E-state index is 14.1. The van der Waals surface area contributed by atoms with E-state index in [1.807, 2.05) is 30.0 Å². The first-order valence-corrected chi connectivity index (χ1v) is 16.0. The van der Waals surface area contributed by atoms with Gasteiger partial charge in [0.05, 0.1) is 24.2 Å². The maximum atomic E-state index is 14.1. The highest BCUT2D eigenvalue weighted by atomic mass is 32.2. The fraction of sp³-hybridized carbons (Fsp3) is 0.533. The third-order valence-electron chi connectivity index (χ3n) is 7.43. The van der Waals surface area contributed by atoms with E-state index in [2.05, 4.69) is 10.3 Å². The number of benzene rings is 2. The van der Waals surface area contributed by atoms with Gasteiger partial charge >= 0.3 is 0 Å². The Labute approximate surface area is 242 Å². The van der Waals surface area contributed by atoms with Gasteiger partial charge in [-0.1, -0.05) is 55.8 Å². The molecule has 0 radical (unpaired) electrons. The number of nitrogens with one attached hydrogen (secondary N) is 1. The van der Waals surface area contributed by atoms with Crippen molar-refractivity contribution in [3.63, 3.8) is 0 Å². The molecule has 224 valence electrons. The molecule has 2 N–H and O–H groups in total. The Morgan fingerprint density at radius 3 is 2.54 bits per heavy atom. The molecular weight excluding hydrogens is 546 g/mol. The third kappa shape index (κ3) is 8.59. The third-order valence-corrected chi connectivity index (χ3v) is 9.03. The Morgan fingerprint density at radius 2 is 1.85 bits per heavy atom. The van der Waals surface area contributed by atoms with Gasteiger partial charge in [0, 0.05) is 32.9 Å². The summed E-state index contributed by atoms with van der Waals surface area (Å²) in [5, 5.41) is 14.2. The second-order valence-electron chi connectivity index (χ2n) is 10.5. The number of aliphatic hydroxyl groups excluding tert-OH is 1. The van der Waals surface area contributed by atoms with Crippen molar-refractivity contribution in [2.45, 2.75) is 62.6 Å². The normalized spacial score (nSPS) is 17.0. The minimum absolute atomic E-state index is 0.0480. The molecule has 1 unspecified atom stereocenters. The summed E-state index contributed by atoms with van der Waals surface area (Å²) in [5.41, 5.74) is 1.81. The molecule has 2 aromatic carbocycles. The zero-order valence-corrected chi connectivity index (χ0v) is 24.6. The summed E-state index contributed by atoms with van der Waals surface area (Å²) >= 11 is 0. The van der Waals surface area contributed by atoms with Gasteiger partial charge in [-0.05, 0) is 37.0 Å². The lowest BCUT2D eigenvalue weighted by Crippen LogP contribution is -2.58. The number of hydrogen-bond acceptors (Lipinski definition) is 9. The summed E-state index contributed by atoms with van der Waals surface area (Å²) in [6, 6.07) is 14.4. The van der Waals surface area contributed by atoms with Gasteiger partial charge in [-0.2, -0.15) is 0 Å². The maximum Gasteiger partial charge on any atom is 0.238 e. The van der Waals surface area contributed by atoms with Crippen molar-refractivity contribution in [1.82, 2.24) is 15.2 Å². The molecule has 0 aliphatic carbocycles. The van der Waals surface area contributed by atoms with Crippen LogP contribution in [0, 0.1) is 0 Å². The number of carbonyl (C=O) groups excluding carboxylic acids is 1. The number of amides is 1. The molecule has 1 amide bonds. The van der Waals surface area contributed by atoms with Crippen molar-refractivity contribution in [2.75, 3.05) is 39.2 Å². The van der Waals surface area contributed by atoms with E-state index in [1.165, 1.54) is 0 Å². The molecule has 10 nitrogen and oxygen atoms in total. The number of ether oxygens (including phenoxy) is 2. The zero-order valence-electron chi connectivity index (χ0n) is 23.8. The van der Waals surface area contributed by atoms with Crippen LogP contribution in [-0.4, -0.2) is 86.7 Å². The molecule has 1 saturated heterocycles. The van der Waals surface area contributed by atoms with Crippen LogP contribution in [-0.2, 0) is 29.9 Å². The summed E-state index contributed by atoms with van der Waals surface area (Å²) in [5.74, 6) is -0.892. The summed E-state index contributed by atoms with van der Waals surface area (Å²) in [6.07, 6.45) is 1.27. The number of sulfone groups is 1. The molecular formula is C30H41N3O7S. The van der Waals surface area contributed by atoms with Crippen LogP contribution in [0.15, 0.2) is 59.0 Å². The molecule has 3 aromatic rings. The van der Waals surface area contributed by atoms with Gasteiger partial charge in [0.2, 0.25) is 11.8 Å². The van der Waals surface area contributed by atoms with E-state index in [0.717, 1.165) is 0 Å². The standard InChI is InChI=1S/C30H41N3O7S/c1-3-9-25(28(34)30-32-24-12-7-8-13-27(24)40-30)31-29(35)26(21-41(36,37)20-22-10-5-4-6-11-22)33(16-19-38-2)23-14-17-39-18-15-23/h4-8,10-13,23,25-26,28,34H,3,9,14-21H2,1-2H3,(H,31,35)/t25-,26-,28?/m0/s1. The van der Waals surface area contributed by atoms with Crippen LogP contribution in [0.1, 0.15) is 50.2 Å². The number of aromatic nitrogens is 1. The molecule has 11 heteroatoms. The number of carbonyl (C=O) groups is 1. The first-order chi connectivity index (χ1) is 19.8. The number of fused-ring (bicyclic) bond motifs is 1. The number of rotatable bonds is 15. The number of para-hydroxylation sites is 2. The number of oxazole rings is 1. The van der Waals surface area contributed by atoms with E-state index in [1.54, 1.807) is 43.5 Å². The highest BCUT2D eigenvalue weighted by Gasteiger charge is 2.38. The van der Waals surface area contributed by atoms with Crippen molar-refractivity contribution < 1.29 is 32.2 Å². The summed E-state index contributed by atoms with van der Waals surface area (Å²) in [7, 11) is -2.11. The average Bonchev–Trinajstić information content (AvgIpc) is 3.41. The first-order valence-electron chi connectivity index (χ1n) is 14.2. The van der Waals surface area contributed by atoms with Gasteiger partial charge in [-0.25, -0.2) is 13.4 Å². The predicted octanol–water partition coefficient (Wildman–Crippen LogP) is 3.26. The molecule has 0 saturated carbocycles. The van der Waals surface area contributed by atoms with E-state index in [4.69, 9.17) is 13.9 Å². The fourth-order valence-electron chi connectivity index (χ4n) is 5.34. The van der Waals surface area contributed by atoms with E-state index < -0.39 is 33.9 Å². The minimum atomic E-state index is -3.69.